The molecule has 0 saturated carbocycles. The van der Waals surface area contributed by atoms with E-state index in [9.17, 15) is 22.3 Å². The second-order valence-corrected chi connectivity index (χ2v) is 6.42. The van der Waals surface area contributed by atoms with Gasteiger partial charge in [-0.15, -0.1) is 0 Å². The van der Waals surface area contributed by atoms with Crippen molar-refractivity contribution >= 4 is 15.7 Å². The van der Waals surface area contributed by atoms with Gasteiger partial charge in [-0.1, -0.05) is 0 Å². The minimum atomic E-state index is -3.89. The van der Waals surface area contributed by atoms with Gasteiger partial charge in [0.05, 0.1) is 11.9 Å². The van der Waals surface area contributed by atoms with Gasteiger partial charge in [-0.25, -0.2) is 17.2 Å². The Morgan fingerprint density at radius 2 is 2.10 bits per heavy atom. The van der Waals surface area contributed by atoms with Crippen LogP contribution in [0.5, 0.6) is 5.75 Å². The lowest BCUT2D eigenvalue weighted by atomic mass is 10.1. The first kappa shape index (κ1) is 15.0. The van der Waals surface area contributed by atoms with E-state index >= 15 is 0 Å². The summed E-state index contributed by atoms with van der Waals surface area (Å²) in [4.78, 5) is 0. The zero-order valence-corrected chi connectivity index (χ0v) is 11.4. The van der Waals surface area contributed by atoms with E-state index in [1.54, 1.807) is 0 Å². The molecular formula is C12H15F2NO4S. The number of benzene rings is 1. The molecule has 0 spiro atoms. The van der Waals surface area contributed by atoms with Crippen molar-refractivity contribution in [2.24, 2.45) is 0 Å². The summed E-state index contributed by atoms with van der Waals surface area (Å²) in [7, 11) is -3.89. The van der Waals surface area contributed by atoms with E-state index in [0.29, 0.717) is 25.2 Å². The monoisotopic (exact) mass is 307 g/mol. The van der Waals surface area contributed by atoms with Crippen LogP contribution in [0.25, 0.3) is 0 Å². The predicted octanol–water partition coefficient (Wildman–Crippen LogP) is 1.98. The maximum Gasteiger partial charge on any atom is 0.235 e. The van der Waals surface area contributed by atoms with Crippen molar-refractivity contribution in [3.05, 3.63) is 23.8 Å². The molecule has 1 heterocycles. The number of phenolic OH excluding ortho intramolecular Hbond substituents is 1. The molecule has 20 heavy (non-hydrogen) atoms. The summed E-state index contributed by atoms with van der Waals surface area (Å²) in [5.74, 6) is -3.28. The van der Waals surface area contributed by atoms with E-state index in [-0.39, 0.29) is 5.75 Å². The molecule has 1 unspecified atom stereocenters. The molecule has 1 aliphatic rings. The van der Waals surface area contributed by atoms with Gasteiger partial charge in [-0.2, -0.15) is 0 Å². The van der Waals surface area contributed by atoms with Gasteiger partial charge in [0.2, 0.25) is 10.0 Å². The zero-order valence-electron chi connectivity index (χ0n) is 10.6. The van der Waals surface area contributed by atoms with Gasteiger partial charge in [0.1, 0.15) is 17.3 Å². The fourth-order valence-electron chi connectivity index (χ4n) is 2.04. The summed E-state index contributed by atoms with van der Waals surface area (Å²) in [6.45, 7) is 0.496. The highest BCUT2D eigenvalue weighted by Crippen LogP contribution is 2.29. The van der Waals surface area contributed by atoms with E-state index in [1.807, 2.05) is 4.72 Å². The van der Waals surface area contributed by atoms with E-state index in [2.05, 4.69) is 0 Å². The lowest BCUT2D eigenvalue weighted by Gasteiger charge is -2.22. The van der Waals surface area contributed by atoms with E-state index < -0.39 is 39.2 Å². The Labute approximate surface area is 115 Å². The van der Waals surface area contributed by atoms with E-state index in [4.69, 9.17) is 4.74 Å². The molecule has 2 rings (SSSR count). The molecule has 112 valence electrons. The van der Waals surface area contributed by atoms with Crippen molar-refractivity contribution < 1.29 is 27.0 Å². The summed E-state index contributed by atoms with van der Waals surface area (Å²) < 4.78 is 57.3. The van der Waals surface area contributed by atoms with Gasteiger partial charge in [0.15, 0.2) is 5.82 Å². The molecule has 2 N–H and O–H groups in total. The van der Waals surface area contributed by atoms with Crippen molar-refractivity contribution in [3.8, 4) is 5.75 Å². The number of hydrogen-bond acceptors (Lipinski definition) is 4. The normalized spacial score (nSPS) is 19.8. The molecule has 0 amide bonds. The molecule has 0 bridgehead atoms. The van der Waals surface area contributed by atoms with Crippen LogP contribution in [0.4, 0.5) is 14.5 Å². The quantitative estimate of drug-likeness (QED) is 0.834. The number of halogens is 2. The second-order valence-electron chi connectivity index (χ2n) is 4.65. The average Bonchev–Trinajstić information content (AvgIpc) is 2.34. The molecule has 1 aromatic carbocycles. The van der Waals surface area contributed by atoms with E-state index in [0.717, 1.165) is 12.8 Å². The third kappa shape index (κ3) is 3.80. The highest BCUT2D eigenvalue weighted by molar-refractivity contribution is 7.92. The SMILES string of the molecule is O=S(=O)(CC1CCCCO1)Nc1c(O)cc(F)cc1F. The largest absolute Gasteiger partial charge is 0.506 e. The summed E-state index contributed by atoms with van der Waals surface area (Å²) in [6.07, 6.45) is 1.92. The topological polar surface area (TPSA) is 75.6 Å². The summed E-state index contributed by atoms with van der Waals surface area (Å²) in [5.41, 5.74) is -0.651. The van der Waals surface area contributed by atoms with Gasteiger partial charge < -0.3 is 9.84 Å². The van der Waals surface area contributed by atoms with Crippen LogP contribution in [0.15, 0.2) is 12.1 Å². The van der Waals surface area contributed by atoms with Gasteiger partial charge >= 0.3 is 0 Å². The number of sulfonamides is 1. The van der Waals surface area contributed by atoms with E-state index in [1.165, 1.54) is 0 Å². The Balaban J connectivity index is 2.11. The van der Waals surface area contributed by atoms with Crippen molar-refractivity contribution in [3.63, 3.8) is 0 Å². The summed E-state index contributed by atoms with van der Waals surface area (Å²) in [5, 5.41) is 9.40. The van der Waals surface area contributed by atoms with Crippen molar-refractivity contribution in [2.45, 2.75) is 25.4 Å². The number of nitrogens with one attached hydrogen (secondary N) is 1. The van der Waals surface area contributed by atoms with Crippen LogP contribution in [-0.2, 0) is 14.8 Å². The van der Waals surface area contributed by atoms with Gasteiger partial charge in [-0.3, -0.25) is 4.72 Å². The lowest BCUT2D eigenvalue weighted by molar-refractivity contribution is 0.0306. The highest BCUT2D eigenvalue weighted by atomic mass is 32.2. The minimum Gasteiger partial charge on any atom is -0.506 e. The van der Waals surface area contributed by atoms with Crippen LogP contribution < -0.4 is 4.72 Å². The Morgan fingerprint density at radius 3 is 2.70 bits per heavy atom. The summed E-state index contributed by atoms with van der Waals surface area (Å²) >= 11 is 0. The standard InChI is InChI=1S/C12H15F2NO4S/c13-8-5-10(14)12(11(16)6-8)15-20(17,18)7-9-3-1-2-4-19-9/h5-6,9,15-16H,1-4,7H2. The first-order valence-electron chi connectivity index (χ1n) is 6.17. The Morgan fingerprint density at radius 1 is 1.35 bits per heavy atom. The molecule has 0 aromatic heterocycles. The average molecular weight is 307 g/mol. The number of phenols is 1. The Kier molecular flexibility index (Phi) is 4.44. The molecule has 8 heteroatoms. The smallest absolute Gasteiger partial charge is 0.235 e. The van der Waals surface area contributed by atoms with Crippen LogP contribution in [0.2, 0.25) is 0 Å². The first-order chi connectivity index (χ1) is 9.37. The maximum atomic E-state index is 13.5. The van der Waals surface area contributed by atoms with Crippen LogP contribution >= 0.6 is 0 Å². The second kappa shape index (κ2) is 5.92. The number of rotatable bonds is 4. The first-order valence-corrected chi connectivity index (χ1v) is 7.83. The molecule has 1 fully saturated rings. The number of anilines is 1. The molecule has 0 radical (unpaired) electrons. The van der Waals surface area contributed by atoms with Gasteiger partial charge in [-0.05, 0) is 19.3 Å². The third-order valence-electron chi connectivity index (χ3n) is 2.97. The minimum absolute atomic E-state index is 0.330. The number of aromatic hydroxyl groups is 1. The molecule has 1 atom stereocenters. The molecule has 0 aliphatic carbocycles. The fourth-order valence-corrected chi connectivity index (χ4v) is 3.39. The lowest BCUT2D eigenvalue weighted by Crippen LogP contribution is -2.31. The van der Waals surface area contributed by atoms with Crippen LogP contribution in [-0.4, -0.2) is 32.0 Å². The molecule has 1 aromatic rings. The fraction of sp³-hybridized carbons (Fsp3) is 0.500. The Bertz CT molecular complexity index is 562. The van der Waals surface area contributed by atoms with Crippen LogP contribution in [0.3, 0.4) is 0 Å². The third-order valence-corrected chi connectivity index (χ3v) is 4.30. The predicted molar refractivity (Wildman–Crippen MR) is 69.0 cm³/mol. The van der Waals surface area contributed by atoms with Gasteiger partial charge in [0.25, 0.3) is 0 Å². The van der Waals surface area contributed by atoms with Crippen molar-refractivity contribution in [1.82, 2.24) is 0 Å². The maximum absolute atomic E-state index is 13.5. The number of hydrogen-bond donors (Lipinski definition) is 2. The van der Waals surface area contributed by atoms with Crippen molar-refractivity contribution in [1.29, 1.82) is 0 Å². The summed E-state index contributed by atoms with van der Waals surface area (Å²) in [6, 6.07) is 1.13. The van der Waals surface area contributed by atoms with Crippen molar-refractivity contribution in [2.75, 3.05) is 17.1 Å². The van der Waals surface area contributed by atoms with Crippen LogP contribution in [0, 0.1) is 11.6 Å². The molecule has 5 nitrogen and oxygen atoms in total. The molecule has 1 aliphatic heterocycles. The molecular weight excluding hydrogens is 292 g/mol. The number of ether oxygens (including phenoxy) is 1. The highest BCUT2D eigenvalue weighted by Gasteiger charge is 2.24. The van der Waals surface area contributed by atoms with Crippen LogP contribution in [0.1, 0.15) is 19.3 Å². The molecule has 1 saturated heterocycles. The Hall–Kier alpha value is -1.41. The zero-order chi connectivity index (χ0) is 14.8. The van der Waals surface area contributed by atoms with Gasteiger partial charge in [0, 0.05) is 18.7 Å².